The molecule has 1 N–H and O–H groups in total. The van der Waals surface area contributed by atoms with Gasteiger partial charge in [0.15, 0.2) is 0 Å². The van der Waals surface area contributed by atoms with E-state index in [9.17, 15) is 5.11 Å². The summed E-state index contributed by atoms with van der Waals surface area (Å²) in [5, 5.41) is 9.80. The lowest BCUT2D eigenvalue weighted by atomic mass is 9.92. The normalized spacial score (nSPS) is 38.0. The van der Waals surface area contributed by atoms with Crippen LogP contribution in [0.25, 0.3) is 0 Å². The molecule has 0 aliphatic heterocycles. The molecule has 0 spiro atoms. The molecule has 0 unspecified atom stereocenters. The molecular weight excluding hydrogens is 136 g/mol. The molecule has 1 aliphatic rings. The predicted molar refractivity (Wildman–Crippen MR) is 47.3 cm³/mol. The molecular formula is C10H18O. The van der Waals surface area contributed by atoms with Gasteiger partial charge >= 0.3 is 0 Å². The van der Waals surface area contributed by atoms with Crippen LogP contribution in [-0.2, 0) is 0 Å². The van der Waals surface area contributed by atoms with Crippen LogP contribution >= 0.6 is 0 Å². The van der Waals surface area contributed by atoms with Crippen LogP contribution in [0.2, 0.25) is 0 Å². The quantitative estimate of drug-likeness (QED) is 0.605. The molecule has 0 saturated heterocycles. The van der Waals surface area contributed by atoms with Crippen molar-refractivity contribution in [2.24, 2.45) is 11.8 Å². The van der Waals surface area contributed by atoms with Crippen molar-refractivity contribution in [3.8, 4) is 0 Å². The minimum absolute atomic E-state index is 0.547. The second-order valence-corrected chi connectivity index (χ2v) is 4.05. The van der Waals surface area contributed by atoms with Crippen LogP contribution in [0.3, 0.4) is 0 Å². The summed E-state index contributed by atoms with van der Waals surface area (Å²) < 4.78 is 0. The van der Waals surface area contributed by atoms with Crippen molar-refractivity contribution in [2.45, 2.75) is 38.7 Å². The first-order valence-electron chi connectivity index (χ1n) is 4.43. The third kappa shape index (κ3) is 1.84. The standard InChI is InChI=1S/C10H18O/c1-4-10(11)6-5-9(7-10)8(2)3/h4,8-9,11H,1,5-7H2,2-3H3/t9-,10+/m1/s1. The molecule has 0 amide bonds. The number of rotatable bonds is 2. The second kappa shape index (κ2) is 2.98. The fourth-order valence-electron chi connectivity index (χ4n) is 1.85. The van der Waals surface area contributed by atoms with Crippen LogP contribution in [0.1, 0.15) is 33.1 Å². The molecule has 1 nitrogen and oxygen atoms in total. The zero-order chi connectivity index (χ0) is 8.48. The van der Waals surface area contributed by atoms with E-state index < -0.39 is 5.60 Å². The average Bonchev–Trinajstić information content (AvgIpc) is 2.33. The van der Waals surface area contributed by atoms with Gasteiger partial charge in [-0.3, -0.25) is 0 Å². The minimum atomic E-state index is -0.547. The molecule has 0 aromatic heterocycles. The first-order chi connectivity index (χ1) is 5.07. The Bertz CT molecular complexity index is 151. The molecule has 0 heterocycles. The summed E-state index contributed by atoms with van der Waals surface area (Å²) in [4.78, 5) is 0. The summed E-state index contributed by atoms with van der Waals surface area (Å²) in [5.41, 5.74) is -0.547. The molecule has 1 saturated carbocycles. The number of hydrogen-bond donors (Lipinski definition) is 1. The van der Waals surface area contributed by atoms with Gasteiger partial charge in [-0.1, -0.05) is 19.9 Å². The van der Waals surface area contributed by atoms with Gasteiger partial charge in [0.05, 0.1) is 5.60 Å². The van der Waals surface area contributed by atoms with E-state index >= 15 is 0 Å². The highest BCUT2D eigenvalue weighted by molar-refractivity contribution is 5.01. The third-order valence-corrected chi connectivity index (χ3v) is 2.89. The molecule has 11 heavy (non-hydrogen) atoms. The highest BCUT2D eigenvalue weighted by atomic mass is 16.3. The Morgan fingerprint density at radius 1 is 1.64 bits per heavy atom. The summed E-state index contributed by atoms with van der Waals surface area (Å²) >= 11 is 0. The number of hydrogen-bond acceptors (Lipinski definition) is 1. The Labute approximate surface area is 69.1 Å². The molecule has 0 bridgehead atoms. The summed E-state index contributed by atoms with van der Waals surface area (Å²) in [7, 11) is 0. The SMILES string of the molecule is C=C[C@]1(O)CC[C@@H](C(C)C)C1. The van der Waals surface area contributed by atoms with Gasteiger partial charge in [0.25, 0.3) is 0 Å². The first kappa shape index (κ1) is 8.79. The van der Waals surface area contributed by atoms with Crippen molar-refractivity contribution in [1.29, 1.82) is 0 Å². The monoisotopic (exact) mass is 154 g/mol. The maximum Gasteiger partial charge on any atom is 0.0827 e. The lowest BCUT2D eigenvalue weighted by Crippen LogP contribution is -2.21. The van der Waals surface area contributed by atoms with Gasteiger partial charge in [0.2, 0.25) is 0 Å². The Kier molecular flexibility index (Phi) is 2.38. The molecule has 2 atom stereocenters. The van der Waals surface area contributed by atoms with Gasteiger partial charge < -0.3 is 5.11 Å². The van der Waals surface area contributed by atoms with E-state index in [1.807, 2.05) is 0 Å². The van der Waals surface area contributed by atoms with Crippen LogP contribution in [-0.4, -0.2) is 10.7 Å². The highest BCUT2D eigenvalue weighted by Crippen LogP contribution is 2.38. The molecule has 64 valence electrons. The summed E-state index contributed by atoms with van der Waals surface area (Å²) in [6.45, 7) is 8.10. The molecule has 0 aromatic carbocycles. The molecule has 0 radical (unpaired) electrons. The fraction of sp³-hybridized carbons (Fsp3) is 0.800. The molecule has 1 aliphatic carbocycles. The van der Waals surface area contributed by atoms with E-state index in [-0.39, 0.29) is 0 Å². The highest BCUT2D eigenvalue weighted by Gasteiger charge is 2.35. The van der Waals surface area contributed by atoms with Crippen molar-refractivity contribution in [2.75, 3.05) is 0 Å². The van der Waals surface area contributed by atoms with E-state index in [2.05, 4.69) is 20.4 Å². The van der Waals surface area contributed by atoms with Crippen molar-refractivity contribution in [3.05, 3.63) is 12.7 Å². The smallest absolute Gasteiger partial charge is 0.0827 e. The topological polar surface area (TPSA) is 20.2 Å². The van der Waals surface area contributed by atoms with E-state index in [0.717, 1.165) is 19.3 Å². The van der Waals surface area contributed by atoms with E-state index in [1.54, 1.807) is 6.08 Å². The molecule has 1 rings (SSSR count). The van der Waals surface area contributed by atoms with Crippen molar-refractivity contribution in [3.63, 3.8) is 0 Å². The summed E-state index contributed by atoms with van der Waals surface area (Å²) in [6.07, 6.45) is 4.67. The van der Waals surface area contributed by atoms with Gasteiger partial charge in [-0.05, 0) is 31.1 Å². The van der Waals surface area contributed by atoms with Crippen LogP contribution in [0.5, 0.6) is 0 Å². The molecule has 1 fully saturated rings. The largest absolute Gasteiger partial charge is 0.386 e. The number of aliphatic hydroxyl groups is 1. The van der Waals surface area contributed by atoms with E-state index in [1.165, 1.54) is 0 Å². The molecule has 0 aromatic rings. The Balaban J connectivity index is 2.52. The van der Waals surface area contributed by atoms with Gasteiger partial charge in [0.1, 0.15) is 0 Å². The average molecular weight is 154 g/mol. The van der Waals surface area contributed by atoms with Gasteiger partial charge in [0, 0.05) is 0 Å². The Hall–Kier alpha value is -0.300. The lowest BCUT2D eigenvalue weighted by Gasteiger charge is -2.18. The van der Waals surface area contributed by atoms with Crippen LogP contribution in [0, 0.1) is 11.8 Å². The van der Waals surface area contributed by atoms with Gasteiger partial charge in [-0.15, -0.1) is 6.58 Å². The Morgan fingerprint density at radius 2 is 2.27 bits per heavy atom. The van der Waals surface area contributed by atoms with Crippen molar-refractivity contribution < 1.29 is 5.11 Å². The first-order valence-corrected chi connectivity index (χ1v) is 4.43. The van der Waals surface area contributed by atoms with Crippen LogP contribution in [0.15, 0.2) is 12.7 Å². The molecule has 1 heteroatoms. The maximum atomic E-state index is 9.80. The summed E-state index contributed by atoms with van der Waals surface area (Å²) in [5.74, 6) is 1.39. The third-order valence-electron chi connectivity index (χ3n) is 2.89. The minimum Gasteiger partial charge on any atom is -0.386 e. The predicted octanol–water partition coefficient (Wildman–Crippen LogP) is 2.36. The fourth-order valence-corrected chi connectivity index (χ4v) is 1.85. The Morgan fingerprint density at radius 3 is 2.55 bits per heavy atom. The van der Waals surface area contributed by atoms with Crippen molar-refractivity contribution >= 4 is 0 Å². The van der Waals surface area contributed by atoms with Gasteiger partial charge in [-0.2, -0.15) is 0 Å². The van der Waals surface area contributed by atoms with Gasteiger partial charge in [-0.25, -0.2) is 0 Å². The lowest BCUT2D eigenvalue weighted by molar-refractivity contribution is 0.0918. The second-order valence-electron chi connectivity index (χ2n) is 4.05. The van der Waals surface area contributed by atoms with E-state index in [4.69, 9.17) is 0 Å². The van der Waals surface area contributed by atoms with E-state index in [0.29, 0.717) is 11.8 Å². The summed E-state index contributed by atoms with van der Waals surface area (Å²) in [6, 6.07) is 0. The zero-order valence-electron chi connectivity index (χ0n) is 7.51. The van der Waals surface area contributed by atoms with Crippen molar-refractivity contribution in [1.82, 2.24) is 0 Å². The van der Waals surface area contributed by atoms with Crippen LogP contribution < -0.4 is 0 Å². The van der Waals surface area contributed by atoms with Crippen LogP contribution in [0.4, 0.5) is 0 Å². The zero-order valence-corrected chi connectivity index (χ0v) is 7.51. The maximum absolute atomic E-state index is 9.80.